The van der Waals surface area contributed by atoms with E-state index in [9.17, 15) is 4.79 Å². The summed E-state index contributed by atoms with van der Waals surface area (Å²) in [5, 5.41) is 9.07. The predicted octanol–water partition coefficient (Wildman–Crippen LogP) is 3.62. The minimum atomic E-state index is -0.716. The SMILES string of the molecule is C/C=C\C(C)(CCCCCC)C(=O)O. The van der Waals surface area contributed by atoms with Gasteiger partial charge >= 0.3 is 5.97 Å². The molecule has 0 bridgehead atoms. The van der Waals surface area contributed by atoms with E-state index < -0.39 is 11.4 Å². The van der Waals surface area contributed by atoms with Crippen LogP contribution in [0, 0.1) is 5.41 Å². The molecule has 0 aromatic rings. The Hall–Kier alpha value is -0.790. The Kier molecular flexibility index (Phi) is 6.26. The molecule has 0 amide bonds. The van der Waals surface area contributed by atoms with E-state index in [4.69, 9.17) is 5.11 Å². The first-order valence-corrected chi connectivity index (χ1v) is 5.44. The molecule has 0 rings (SSSR count). The van der Waals surface area contributed by atoms with Crippen molar-refractivity contribution < 1.29 is 9.90 Å². The number of rotatable bonds is 7. The lowest BCUT2D eigenvalue weighted by Gasteiger charge is -2.20. The van der Waals surface area contributed by atoms with Gasteiger partial charge in [-0.25, -0.2) is 0 Å². The van der Waals surface area contributed by atoms with Crippen LogP contribution in [-0.4, -0.2) is 11.1 Å². The van der Waals surface area contributed by atoms with E-state index in [1.165, 1.54) is 12.8 Å². The maximum Gasteiger partial charge on any atom is 0.313 e. The van der Waals surface area contributed by atoms with Crippen LogP contribution >= 0.6 is 0 Å². The average Bonchev–Trinajstić information content (AvgIpc) is 2.13. The summed E-state index contributed by atoms with van der Waals surface area (Å²) in [4.78, 5) is 11.0. The molecule has 0 radical (unpaired) electrons. The maximum absolute atomic E-state index is 11.0. The normalized spacial score (nSPS) is 15.6. The molecule has 82 valence electrons. The quantitative estimate of drug-likeness (QED) is 0.501. The summed E-state index contributed by atoms with van der Waals surface area (Å²) in [7, 11) is 0. The molecule has 0 heterocycles. The van der Waals surface area contributed by atoms with Crippen molar-refractivity contribution in [2.24, 2.45) is 5.41 Å². The molecule has 0 fully saturated rings. The molecule has 1 unspecified atom stereocenters. The Morgan fingerprint density at radius 2 is 2.00 bits per heavy atom. The fraction of sp³-hybridized carbons (Fsp3) is 0.750. The summed E-state index contributed by atoms with van der Waals surface area (Å²) in [6, 6.07) is 0. The van der Waals surface area contributed by atoms with E-state index in [0.29, 0.717) is 0 Å². The number of unbranched alkanes of at least 4 members (excludes halogenated alkanes) is 3. The maximum atomic E-state index is 11.0. The number of allylic oxidation sites excluding steroid dienone is 1. The van der Waals surface area contributed by atoms with Gasteiger partial charge in [0.05, 0.1) is 5.41 Å². The summed E-state index contributed by atoms with van der Waals surface area (Å²) < 4.78 is 0. The van der Waals surface area contributed by atoms with E-state index in [1.54, 1.807) is 13.0 Å². The lowest BCUT2D eigenvalue weighted by atomic mass is 9.84. The van der Waals surface area contributed by atoms with Gasteiger partial charge in [0.15, 0.2) is 0 Å². The molecule has 0 aliphatic heterocycles. The van der Waals surface area contributed by atoms with Crippen LogP contribution in [0.2, 0.25) is 0 Å². The van der Waals surface area contributed by atoms with Gasteiger partial charge in [-0.3, -0.25) is 4.79 Å². The minimum absolute atomic E-state index is 0.664. The van der Waals surface area contributed by atoms with E-state index in [1.807, 2.05) is 13.0 Å². The van der Waals surface area contributed by atoms with Crippen molar-refractivity contribution in [1.82, 2.24) is 0 Å². The van der Waals surface area contributed by atoms with Gasteiger partial charge in [0, 0.05) is 0 Å². The van der Waals surface area contributed by atoms with E-state index in [0.717, 1.165) is 19.3 Å². The highest BCUT2D eigenvalue weighted by Gasteiger charge is 2.28. The van der Waals surface area contributed by atoms with Gasteiger partial charge in [-0.15, -0.1) is 0 Å². The summed E-state index contributed by atoms with van der Waals surface area (Å²) in [5.41, 5.74) is -0.664. The second kappa shape index (κ2) is 6.63. The topological polar surface area (TPSA) is 37.3 Å². The number of carbonyl (C=O) groups is 1. The summed E-state index contributed by atoms with van der Waals surface area (Å²) >= 11 is 0. The zero-order chi connectivity index (χ0) is 11.0. The molecule has 1 N–H and O–H groups in total. The number of hydrogen-bond donors (Lipinski definition) is 1. The van der Waals surface area contributed by atoms with Crippen LogP contribution < -0.4 is 0 Å². The van der Waals surface area contributed by atoms with Crippen LogP contribution in [0.25, 0.3) is 0 Å². The lowest BCUT2D eigenvalue weighted by Crippen LogP contribution is -2.24. The third kappa shape index (κ3) is 4.45. The number of carboxylic acid groups (broad SMARTS) is 1. The van der Waals surface area contributed by atoms with Gasteiger partial charge in [0.2, 0.25) is 0 Å². The third-order valence-corrected chi connectivity index (χ3v) is 2.57. The molecule has 2 heteroatoms. The van der Waals surface area contributed by atoms with Crippen LogP contribution in [0.5, 0.6) is 0 Å². The van der Waals surface area contributed by atoms with Gasteiger partial charge in [-0.05, 0) is 20.3 Å². The Labute approximate surface area is 87.0 Å². The highest BCUT2D eigenvalue weighted by Crippen LogP contribution is 2.26. The second-order valence-electron chi connectivity index (χ2n) is 4.03. The van der Waals surface area contributed by atoms with Crippen molar-refractivity contribution in [3.8, 4) is 0 Å². The van der Waals surface area contributed by atoms with E-state index >= 15 is 0 Å². The molecule has 0 aromatic carbocycles. The molecule has 1 atom stereocenters. The van der Waals surface area contributed by atoms with Crippen LogP contribution in [0.1, 0.15) is 52.9 Å². The van der Waals surface area contributed by atoms with Crippen molar-refractivity contribution in [3.63, 3.8) is 0 Å². The Balaban J connectivity index is 4.04. The zero-order valence-corrected chi connectivity index (χ0v) is 9.55. The minimum Gasteiger partial charge on any atom is -0.481 e. The first kappa shape index (κ1) is 13.2. The van der Waals surface area contributed by atoms with Gasteiger partial charge < -0.3 is 5.11 Å². The highest BCUT2D eigenvalue weighted by atomic mass is 16.4. The number of carboxylic acids is 1. The molecule has 0 saturated heterocycles. The fourth-order valence-electron chi connectivity index (χ4n) is 1.55. The first-order chi connectivity index (χ1) is 6.56. The molecular formula is C12H22O2. The van der Waals surface area contributed by atoms with Gasteiger partial charge in [0.1, 0.15) is 0 Å². The van der Waals surface area contributed by atoms with E-state index in [2.05, 4.69) is 6.92 Å². The van der Waals surface area contributed by atoms with Crippen molar-refractivity contribution in [2.75, 3.05) is 0 Å². The average molecular weight is 198 g/mol. The van der Waals surface area contributed by atoms with Crippen molar-refractivity contribution >= 4 is 5.97 Å². The zero-order valence-electron chi connectivity index (χ0n) is 9.55. The monoisotopic (exact) mass is 198 g/mol. The molecule has 0 aliphatic rings. The molecule has 0 spiro atoms. The second-order valence-corrected chi connectivity index (χ2v) is 4.03. The standard InChI is InChI=1S/C12H22O2/c1-4-6-7-8-10-12(3,9-5-2)11(13)14/h5,9H,4,6-8,10H2,1-3H3,(H,13,14)/b9-5-. The summed E-state index contributed by atoms with van der Waals surface area (Å²) in [6.45, 7) is 5.82. The molecule has 0 saturated carbocycles. The van der Waals surface area contributed by atoms with Gasteiger partial charge in [-0.2, -0.15) is 0 Å². The van der Waals surface area contributed by atoms with Gasteiger partial charge in [0.25, 0.3) is 0 Å². The lowest BCUT2D eigenvalue weighted by molar-refractivity contribution is -0.145. The summed E-state index contributed by atoms with van der Waals surface area (Å²) in [5.74, 6) is -0.716. The van der Waals surface area contributed by atoms with Crippen LogP contribution in [0.15, 0.2) is 12.2 Å². The van der Waals surface area contributed by atoms with Crippen molar-refractivity contribution in [3.05, 3.63) is 12.2 Å². The van der Waals surface area contributed by atoms with Crippen molar-refractivity contribution in [2.45, 2.75) is 52.9 Å². The predicted molar refractivity (Wildman–Crippen MR) is 59.3 cm³/mol. The largest absolute Gasteiger partial charge is 0.481 e. The molecule has 0 aliphatic carbocycles. The molecule has 14 heavy (non-hydrogen) atoms. The highest BCUT2D eigenvalue weighted by molar-refractivity contribution is 5.76. The van der Waals surface area contributed by atoms with Gasteiger partial charge in [-0.1, -0.05) is 44.8 Å². The van der Waals surface area contributed by atoms with E-state index in [-0.39, 0.29) is 0 Å². The first-order valence-electron chi connectivity index (χ1n) is 5.44. The molecule has 0 aromatic heterocycles. The van der Waals surface area contributed by atoms with Crippen LogP contribution in [-0.2, 0) is 4.79 Å². The Bertz CT molecular complexity index is 196. The Morgan fingerprint density at radius 3 is 2.43 bits per heavy atom. The third-order valence-electron chi connectivity index (χ3n) is 2.57. The van der Waals surface area contributed by atoms with Crippen molar-refractivity contribution in [1.29, 1.82) is 0 Å². The molecule has 2 nitrogen and oxygen atoms in total. The summed E-state index contributed by atoms with van der Waals surface area (Å²) in [6.07, 6.45) is 8.89. The smallest absolute Gasteiger partial charge is 0.313 e. The Morgan fingerprint density at radius 1 is 1.36 bits per heavy atom. The fourth-order valence-corrected chi connectivity index (χ4v) is 1.55. The number of aliphatic carboxylic acids is 1. The van der Waals surface area contributed by atoms with Crippen LogP contribution in [0.4, 0.5) is 0 Å². The molecular weight excluding hydrogens is 176 g/mol. The number of hydrogen-bond acceptors (Lipinski definition) is 1. The van der Waals surface area contributed by atoms with Crippen LogP contribution in [0.3, 0.4) is 0 Å².